The molecule has 1 saturated heterocycles. The highest BCUT2D eigenvalue weighted by molar-refractivity contribution is 5.70. The molecule has 1 aromatic carbocycles. The zero-order valence-corrected chi connectivity index (χ0v) is 11.1. The predicted molar refractivity (Wildman–Crippen MR) is 72.6 cm³/mol. The SMILES string of the molecule is CCC1CCCN(c2cc(OC)c(F)cc2N)C1. The fourth-order valence-corrected chi connectivity index (χ4v) is 2.61. The van der Waals surface area contributed by atoms with Gasteiger partial charge in [-0.3, -0.25) is 0 Å². The van der Waals surface area contributed by atoms with Gasteiger partial charge in [-0.25, -0.2) is 4.39 Å². The summed E-state index contributed by atoms with van der Waals surface area (Å²) in [6.07, 6.45) is 3.61. The summed E-state index contributed by atoms with van der Waals surface area (Å²) in [7, 11) is 1.48. The van der Waals surface area contributed by atoms with E-state index in [0.717, 1.165) is 25.2 Å². The number of rotatable bonds is 3. The van der Waals surface area contributed by atoms with Gasteiger partial charge in [0.2, 0.25) is 0 Å². The first-order chi connectivity index (χ1) is 8.65. The van der Waals surface area contributed by atoms with Gasteiger partial charge in [0.1, 0.15) is 0 Å². The third kappa shape index (κ3) is 2.52. The molecule has 3 nitrogen and oxygen atoms in total. The maximum atomic E-state index is 13.5. The fraction of sp³-hybridized carbons (Fsp3) is 0.571. The van der Waals surface area contributed by atoms with Gasteiger partial charge in [0.15, 0.2) is 11.6 Å². The van der Waals surface area contributed by atoms with Crippen LogP contribution in [-0.4, -0.2) is 20.2 Å². The lowest BCUT2D eigenvalue weighted by atomic mass is 9.95. The Kier molecular flexibility index (Phi) is 3.94. The quantitative estimate of drug-likeness (QED) is 0.840. The first-order valence-electron chi connectivity index (χ1n) is 6.53. The molecule has 1 heterocycles. The van der Waals surface area contributed by atoms with Gasteiger partial charge >= 0.3 is 0 Å². The third-order valence-corrected chi connectivity index (χ3v) is 3.74. The lowest BCUT2D eigenvalue weighted by Gasteiger charge is -2.34. The Balaban J connectivity index is 2.26. The van der Waals surface area contributed by atoms with Crippen molar-refractivity contribution in [3.8, 4) is 5.75 Å². The highest BCUT2D eigenvalue weighted by Crippen LogP contribution is 2.33. The molecule has 0 spiro atoms. The van der Waals surface area contributed by atoms with Crippen LogP contribution in [0.2, 0.25) is 0 Å². The summed E-state index contributed by atoms with van der Waals surface area (Å²) in [6.45, 7) is 4.19. The van der Waals surface area contributed by atoms with Crippen LogP contribution in [0.3, 0.4) is 0 Å². The van der Waals surface area contributed by atoms with E-state index in [1.165, 1.54) is 26.0 Å². The monoisotopic (exact) mass is 252 g/mol. The van der Waals surface area contributed by atoms with Crippen molar-refractivity contribution in [2.45, 2.75) is 26.2 Å². The molecule has 0 amide bonds. The summed E-state index contributed by atoms with van der Waals surface area (Å²) >= 11 is 0. The minimum absolute atomic E-state index is 0.262. The second kappa shape index (κ2) is 5.46. The lowest BCUT2D eigenvalue weighted by Crippen LogP contribution is -2.35. The van der Waals surface area contributed by atoms with E-state index < -0.39 is 5.82 Å². The van der Waals surface area contributed by atoms with Crippen molar-refractivity contribution in [1.29, 1.82) is 0 Å². The van der Waals surface area contributed by atoms with Gasteiger partial charge in [0, 0.05) is 25.2 Å². The summed E-state index contributed by atoms with van der Waals surface area (Å²) in [4.78, 5) is 2.24. The van der Waals surface area contributed by atoms with E-state index in [1.54, 1.807) is 6.07 Å². The second-order valence-corrected chi connectivity index (χ2v) is 4.91. The Morgan fingerprint density at radius 1 is 1.50 bits per heavy atom. The topological polar surface area (TPSA) is 38.5 Å². The number of nitrogens with two attached hydrogens (primary N) is 1. The summed E-state index contributed by atoms with van der Waals surface area (Å²) in [6, 6.07) is 3.06. The highest BCUT2D eigenvalue weighted by Gasteiger charge is 2.21. The average Bonchev–Trinajstić information content (AvgIpc) is 2.39. The number of halogens is 1. The van der Waals surface area contributed by atoms with E-state index in [2.05, 4.69) is 11.8 Å². The van der Waals surface area contributed by atoms with Crippen molar-refractivity contribution < 1.29 is 9.13 Å². The van der Waals surface area contributed by atoms with Crippen LogP contribution in [0.1, 0.15) is 26.2 Å². The van der Waals surface area contributed by atoms with Crippen molar-refractivity contribution in [3.05, 3.63) is 17.9 Å². The van der Waals surface area contributed by atoms with Crippen LogP contribution in [-0.2, 0) is 0 Å². The van der Waals surface area contributed by atoms with Crippen LogP contribution in [0.25, 0.3) is 0 Å². The van der Waals surface area contributed by atoms with E-state index in [1.807, 2.05) is 0 Å². The maximum absolute atomic E-state index is 13.5. The Morgan fingerprint density at radius 3 is 2.94 bits per heavy atom. The zero-order valence-electron chi connectivity index (χ0n) is 11.1. The smallest absolute Gasteiger partial charge is 0.167 e. The maximum Gasteiger partial charge on any atom is 0.167 e. The molecule has 1 fully saturated rings. The van der Waals surface area contributed by atoms with Gasteiger partial charge in [0.25, 0.3) is 0 Å². The summed E-state index contributed by atoms with van der Waals surface area (Å²) in [5.74, 6) is 0.565. The van der Waals surface area contributed by atoms with E-state index >= 15 is 0 Å². The predicted octanol–water partition coefficient (Wildman–Crippen LogP) is 3.04. The molecule has 0 radical (unpaired) electrons. The van der Waals surface area contributed by atoms with Crippen molar-refractivity contribution in [3.63, 3.8) is 0 Å². The van der Waals surface area contributed by atoms with Crippen LogP contribution < -0.4 is 15.4 Å². The summed E-state index contributed by atoms with van der Waals surface area (Å²) < 4.78 is 18.5. The largest absolute Gasteiger partial charge is 0.494 e. The number of methoxy groups -OCH3 is 1. The standard InChI is InChI=1S/C14H21FN2O/c1-3-10-5-4-6-17(9-10)13-8-14(18-2)11(15)7-12(13)16/h7-8,10H,3-6,9,16H2,1-2H3. The molecule has 4 heteroatoms. The Labute approximate surface area is 108 Å². The highest BCUT2D eigenvalue weighted by atomic mass is 19.1. The van der Waals surface area contributed by atoms with Crippen molar-refractivity contribution in [1.82, 2.24) is 0 Å². The summed E-state index contributed by atoms with van der Waals surface area (Å²) in [5, 5.41) is 0. The summed E-state index contributed by atoms with van der Waals surface area (Å²) in [5.41, 5.74) is 7.31. The number of piperidine rings is 1. The van der Waals surface area contributed by atoms with Crippen LogP contribution in [0.4, 0.5) is 15.8 Å². The molecule has 0 saturated carbocycles. The number of hydrogen-bond acceptors (Lipinski definition) is 3. The minimum atomic E-state index is -0.400. The fourth-order valence-electron chi connectivity index (χ4n) is 2.61. The van der Waals surface area contributed by atoms with E-state index in [-0.39, 0.29) is 5.75 Å². The van der Waals surface area contributed by atoms with Gasteiger partial charge in [-0.15, -0.1) is 0 Å². The number of nitrogens with zero attached hydrogens (tertiary/aromatic N) is 1. The van der Waals surface area contributed by atoms with E-state index in [4.69, 9.17) is 10.5 Å². The van der Waals surface area contributed by atoms with Crippen LogP contribution in [0.5, 0.6) is 5.75 Å². The Morgan fingerprint density at radius 2 is 2.28 bits per heavy atom. The molecule has 18 heavy (non-hydrogen) atoms. The minimum Gasteiger partial charge on any atom is -0.494 e. The molecule has 0 bridgehead atoms. The number of anilines is 2. The van der Waals surface area contributed by atoms with Crippen molar-refractivity contribution >= 4 is 11.4 Å². The number of ether oxygens (including phenoxy) is 1. The molecule has 1 aliphatic rings. The molecule has 1 atom stereocenters. The molecule has 0 aromatic heterocycles. The first kappa shape index (κ1) is 13.0. The van der Waals surface area contributed by atoms with Crippen LogP contribution in [0, 0.1) is 11.7 Å². The molecule has 0 aliphatic carbocycles. The van der Waals surface area contributed by atoms with E-state index in [9.17, 15) is 4.39 Å². The molecule has 2 N–H and O–H groups in total. The number of nitrogen functional groups attached to an aromatic ring is 1. The van der Waals surface area contributed by atoms with Gasteiger partial charge in [-0.05, 0) is 18.8 Å². The third-order valence-electron chi connectivity index (χ3n) is 3.74. The molecular formula is C14H21FN2O. The second-order valence-electron chi connectivity index (χ2n) is 4.91. The van der Waals surface area contributed by atoms with E-state index in [0.29, 0.717) is 11.6 Å². The Hall–Kier alpha value is -1.45. The van der Waals surface area contributed by atoms with Crippen molar-refractivity contribution in [2.75, 3.05) is 30.8 Å². The zero-order chi connectivity index (χ0) is 13.1. The van der Waals surface area contributed by atoms with Crippen molar-refractivity contribution in [2.24, 2.45) is 5.92 Å². The van der Waals surface area contributed by atoms with Gasteiger partial charge in [-0.1, -0.05) is 13.3 Å². The normalized spacial score (nSPS) is 19.9. The van der Waals surface area contributed by atoms with Gasteiger partial charge in [-0.2, -0.15) is 0 Å². The Bertz CT molecular complexity index is 423. The molecule has 2 rings (SSSR count). The van der Waals surface area contributed by atoms with Crippen LogP contribution >= 0.6 is 0 Å². The van der Waals surface area contributed by atoms with Gasteiger partial charge < -0.3 is 15.4 Å². The lowest BCUT2D eigenvalue weighted by molar-refractivity contribution is 0.384. The average molecular weight is 252 g/mol. The van der Waals surface area contributed by atoms with Gasteiger partial charge in [0.05, 0.1) is 18.5 Å². The molecule has 1 unspecified atom stereocenters. The molecule has 1 aromatic rings. The molecule has 100 valence electrons. The molecular weight excluding hydrogens is 231 g/mol. The molecule has 1 aliphatic heterocycles. The number of hydrogen-bond donors (Lipinski definition) is 1. The van der Waals surface area contributed by atoms with Crippen LogP contribution in [0.15, 0.2) is 12.1 Å². The first-order valence-corrected chi connectivity index (χ1v) is 6.53. The number of benzene rings is 1.